The number of benzene rings is 2. The van der Waals surface area contributed by atoms with Crippen LogP contribution in [0.3, 0.4) is 0 Å². The van der Waals surface area contributed by atoms with Gasteiger partial charge in [0.1, 0.15) is 11.8 Å². The first-order chi connectivity index (χ1) is 12.5. The monoisotopic (exact) mass is 364 g/mol. The second kappa shape index (κ2) is 6.36. The molecular formula is C19H16N4O2S. The minimum absolute atomic E-state index is 0.108. The van der Waals surface area contributed by atoms with E-state index in [4.69, 9.17) is 5.14 Å². The fourth-order valence-electron chi connectivity index (χ4n) is 3.05. The van der Waals surface area contributed by atoms with Crippen molar-refractivity contribution in [3.8, 4) is 5.69 Å². The second-order valence-corrected chi connectivity index (χ2v) is 7.45. The van der Waals surface area contributed by atoms with Gasteiger partial charge in [0, 0.05) is 18.2 Å². The first-order valence-electron chi connectivity index (χ1n) is 8.01. The molecule has 7 heteroatoms. The zero-order valence-corrected chi connectivity index (χ0v) is 14.6. The largest absolute Gasteiger partial charge is 0.283 e. The second-order valence-electron chi connectivity index (χ2n) is 5.92. The van der Waals surface area contributed by atoms with Crippen LogP contribution in [0.4, 0.5) is 0 Å². The van der Waals surface area contributed by atoms with Crippen molar-refractivity contribution >= 4 is 21.2 Å². The highest BCUT2D eigenvalue weighted by Gasteiger charge is 2.19. The predicted octanol–water partition coefficient (Wildman–Crippen LogP) is 2.66. The van der Waals surface area contributed by atoms with Crippen molar-refractivity contribution in [1.82, 2.24) is 14.5 Å². The zero-order valence-electron chi connectivity index (χ0n) is 13.8. The number of sulfonamides is 1. The van der Waals surface area contributed by atoms with Crippen LogP contribution < -0.4 is 5.14 Å². The maximum Gasteiger partial charge on any atom is 0.238 e. The van der Waals surface area contributed by atoms with Crippen LogP contribution in [0.15, 0.2) is 78.1 Å². The Balaban J connectivity index is 1.97. The first-order valence-corrected chi connectivity index (χ1v) is 9.56. The number of primary sulfonamides is 1. The molecule has 2 heterocycles. The highest BCUT2D eigenvalue weighted by atomic mass is 32.2. The standard InChI is InChI=1S/C19H16N4O2S/c20-26(24,25)18-10-4-9-17(15(18)12-14-6-2-1-3-7-14)23-13-22-16-8-5-11-21-19(16)23/h1-11,13H,12H2,(H2,20,24,25). The lowest BCUT2D eigenvalue weighted by atomic mass is 10.0. The van der Waals surface area contributed by atoms with Crippen molar-refractivity contribution in [3.05, 3.63) is 84.3 Å². The molecule has 26 heavy (non-hydrogen) atoms. The number of hydrogen-bond donors (Lipinski definition) is 1. The van der Waals surface area contributed by atoms with Crippen LogP contribution in [-0.2, 0) is 16.4 Å². The van der Waals surface area contributed by atoms with Gasteiger partial charge in [-0.1, -0.05) is 36.4 Å². The Hall–Kier alpha value is -3.03. The van der Waals surface area contributed by atoms with Crippen molar-refractivity contribution in [2.24, 2.45) is 5.14 Å². The molecule has 130 valence electrons. The molecule has 0 radical (unpaired) electrons. The molecule has 0 spiro atoms. The van der Waals surface area contributed by atoms with Gasteiger partial charge < -0.3 is 0 Å². The molecule has 2 aromatic heterocycles. The molecule has 0 fully saturated rings. The molecule has 0 amide bonds. The van der Waals surface area contributed by atoms with Crippen molar-refractivity contribution in [2.45, 2.75) is 11.3 Å². The van der Waals surface area contributed by atoms with Crippen LogP contribution in [0, 0.1) is 0 Å². The number of nitrogens with two attached hydrogens (primary N) is 1. The molecule has 0 atom stereocenters. The van der Waals surface area contributed by atoms with E-state index in [1.54, 1.807) is 23.2 Å². The summed E-state index contributed by atoms with van der Waals surface area (Å²) in [5.74, 6) is 0. The van der Waals surface area contributed by atoms with Crippen LogP contribution in [0.1, 0.15) is 11.1 Å². The van der Waals surface area contributed by atoms with Gasteiger partial charge in [-0.15, -0.1) is 0 Å². The molecule has 4 rings (SSSR count). The number of hydrogen-bond acceptors (Lipinski definition) is 4. The van der Waals surface area contributed by atoms with Crippen LogP contribution >= 0.6 is 0 Å². The summed E-state index contributed by atoms with van der Waals surface area (Å²) in [6.45, 7) is 0. The molecule has 0 aliphatic heterocycles. The van der Waals surface area contributed by atoms with Crippen molar-refractivity contribution in [1.29, 1.82) is 0 Å². The maximum atomic E-state index is 12.2. The third-order valence-corrected chi connectivity index (χ3v) is 5.20. The summed E-state index contributed by atoms with van der Waals surface area (Å²) in [5.41, 5.74) is 3.70. The predicted molar refractivity (Wildman–Crippen MR) is 99.5 cm³/mol. The Morgan fingerprint density at radius 1 is 0.923 bits per heavy atom. The molecule has 0 saturated heterocycles. The van der Waals surface area contributed by atoms with E-state index in [2.05, 4.69) is 9.97 Å². The van der Waals surface area contributed by atoms with Gasteiger partial charge >= 0.3 is 0 Å². The van der Waals surface area contributed by atoms with Gasteiger partial charge in [-0.25, -0.2) is 23.5 Å². The Morgan fingerprint density at radius 2 is 1.73 bits per heavy atom. The summed E-state index contributed by atoms with van der Waals surface area (Å²) < 4.78 is 26.1. The summed E-state index contributed by atoms with van der Waals surface area (Å²) in [4.78, 5) is 8.84. The zero-order chi connectivity index (χ0) is 18.1. The first kappa shape index (κ1) is 16.4. The summed E-state index contributed by atoms with van der Waals surface area (Å²) >= 11 is 0. The molecule has 6 nitrogen and oxygen atoms in total. The van der Waals surface area contributed by atoms with E-state index < -0.39 is 10.0 Å². The Labute approximate surface area is 151 Å². The van der Waals surface area contributed by atoms with E-state index in [-0.39, 0.29) is 4.90 Å². The van der Waals surface area contributed by atoms with E-state index in [1.165, 1.54) is 6.07 Å². The smallest absolute Gasteiger partial charge is 0.238 e. The van der Waals surface area contributed by atoms with E-state index in [0.29, 0.717) is 23.3 Å². The van der Waals surface area contributed by atoms with Gasteiger partial charge in [-0.05, 0) is 29.8 Å². The highest BCUT2D eigenvalue weighted by molar-refractivity contribution is 7.89. The molecule has 0 aliphatic rings. The van der Waals surface area contributed by atoms with Gasteiger partial charge in [0.05, 0.1) is 10.6 Å². The maximum absolute atomic E-state index is 12.2. The summed E-state index contributed by atoms with van der Waals surface area (Å²) in [6.07, 6.45) is 3.75. The minimum Gasteiger partial charge on any atom is -0.283 e. The number of nitrogens with zero attached hydrogens (tertiary/aromatic N) is 3. The number of aromatic nitrogens is 3. The van der Waals surface area contributed by atoms with Crippen molar-refractivity contribution in [3.63, 3.8) is 0 Å². The lowest BCUT2D eigenvalue weighted by Crippen LogP contribution is -2.16. The third-order valence-electron chi connectivity index (χ3n) is 4.20. The van der Waals surface area contributed by atoms with E-state index in [1.807, 2.05) is 48.5 Å². The average Bonchev–Trinajstić information content (AvgIpc) is 3.06. The summed E-state index contributed by atoms with van der Waals surface area (Å²) in [6, 6.07) is 18.4. The number of imidazole rings is 1. The third kappa shape index (κ3) is 2.98. The molecule has 4 aromatic rings. The van der Waals surface area contributed by atoms with Gasteiger partial charge in [-0.2, -0.15) is 0 Å². The van der Waals surface area contributed by atoms with Gasteiger partial charge in [0.2, 0.25) is 10.0 Å². The normalized spacial score (nSPS) is 11.7. The molecule has 0 bridgehead atoms. The number of pyridine rings is 1. The van der Waals surface area contributed by atoms with Crippen molar-refractivity contribution < 1.29 is 8.42 Å². The van der Waals surface area contributed by atoms with Gasteiger partial charge in [-0.3, -0.25) is 4.57 Å². The van der Waals surface area contributed by atoms with Crippen LogP contribution in [0.2, 0.25) is 0 Å². The van der Waals surface area contributed by atoms with E-state index >= 15 is 0 Å². The van der Waals surface area contributed by atoms with Crippen LogP contribution in [0.25, 0.3) is 16.9 Å². The lowest BCUT2D eigenvalue weighted by Gasteiger charge is -2.15. The fourth-order valence-corrected chi connectivity index (χ4v) is 3.84. The molecular weight excluding hydrogens is 348 g/mol. The fraction of sp³-hybridized carbons (Fsp3) is 0.0526. The molecule has 2 N–H and O–H groups in total. The van der Waals surface area contributed by atoms with E-state index in [0.717, 1.165) is 11.1 Å². The molecule has 0 aliphatic carbocycles. The number of fused-ring (bicyclic) bond motifs is 1. The minimum atomic E-state index is -3.87. The Kier molecular flexibility index (Phi) is 4.02. The van der Waals surface area contributed by atoms with Gasteiger partial charge in [0.15, 0.2) is 5.65 Å². The molecule has 2 aromatic carbocycles. The summed E-state index contributed by atoms with van der Waals surface area (Å²) in [7, 11) is -3.87. The molecule has 0 unspecified atom stereocenters. The van der Waals surface area contributed by atoms with E-state index in [9.17, 15) is 8.42 Å². The topological polar surface area (TPSA) is 90.9 Å². The lowest BCUT2D eigenvalue weighted by molar-refractivity contribution is 0.596. The molecule has 0 saturated carbocycles. The SMILES string of the molecule is NS(=O)(=O)c1cccc(-n2cnc3cccnc32)c1Cc1ccccc1. The van der Waals surface area contributed by atoms with Crippen LogP contribution in [0.5, 0.6) is 0 Å². The average molecular weight is 364 g/mol. The number of rotatable bonds is 4. The van der Waals surface area contributed by atoms with Gasteiger partial charge in [0.25, 0.3) is 0 Å². The highest BCUT2D eigenvalue weighted by Crippen LogP contribution is 2.27. The van der Waals surface area contributed by atoms with Crippen molar-refractivity contribution in [2.75, 3.05) is 0 Å². The summed E-state index contributed by atoms with van der Waals surface area (Å²) in [5, 5.41) is 5.48. The Morgan fingerprint density at radius 3 is 2.50 bits per heavy atom. The Bertz CT molecular complexity index is 1180. The quantitative estimate of drug-likeness (QED) is 0.603. The van der Waals surface area contributed by atoms with Crippen LogP contribution in [-0.4, -0.2) is 23.0 Å².